The molecule has 5 aromatic heterocycles. The molecule has 0 bridgehead atoms. The van der Waals surface area contributed by atoms with Crippen LogP contribution in [-0.4, -0.2) is 62.3 Å². The third-order valence-electron chi connectivity index (χ3n) is 16.8. The van der Waals surface area contributed by atoms with Crippen LogP contribution in [0.3, 0.4) is 0 Å². The number of nitrogens with one attached hydrogen (secondary N) is 8. The van der Waals surface area contributed by atoms with Crippen LogP contribution in [0.5, 0.6) is 0 Å². The SMILES string of the molecule is CC(C)(C)c1ccc2[nH]c(=O)[nH]c2c1.CC(C)(C)c1ccc2[nH]ccc2c1.CC(C)(C)c1ccc2[nH]ncc2c1.CC(C)(C)c1ccc2c(c1)CC(=O)N2.CC(C)(C)c1ccc2c(c1)CNC2=O.CC(C)(C)c1ccc2n[nH]nc2c1.CC(C)(C)c1ccc2nc[nH]c2c1. The zero-order valence-electron chi connectivity index (χ0n) is 59.4. The van der Waals surface area contributed by atoms with Crippen LogP contribution >= 0.6 is 0 Å². The molecule has 0 spiro atoms. The van der Waals surface area contributed by atoms with Crippen LogP contribution in [0.2, 0.25) is 0 Å². The minimum absolute atomic E-state index is 0.0560. The second kappa shape index (κ2) is 27.7. The van der Waals surface area contributed by atoms with E-state index in [1.807, 2.05) is 54.9 Å². The Morgan fingerprint density at radius 1 is 0.394 bits per heavy atom. The largest absolute Gasteiger partial charge is 0.361 e. The van der Waals surface area contributed by atoms with E-state index >= 15 is 0 Å². The Balaban J connectivity index is 0.000000141. The first-order chi connectivity index (χ1) is 43.7. The number of hydrogen-bond donors (Lipinski definition) is 8. The second-order valence-corrected chi connectivity index (χ2v) is 31.9. The number of rotatable bonds is 0. The van der Waals surface area contributed by atoms with E-state index in [9.17, 15) is 14.4 Å². The number of benzene rings is 7. The summed E-state index contributed by atoms with van der Waals surface area (Å²) in [6.07, 6.45) is 6.11. The van der Waals surface area contributed by atoms with Crippen LogP contribution in [0.25, 0.3) is 54.9 Å². The van der Waals surface area contributed by atoms with Crippen LogP contribution < -0.4 is 16.3 Å². The van der Waals surface area contributed by atoms with Crippen molar-refractivity contribution in [1.82, 2.24) is 55.8 Å². The fourth-order valence-electron chi connectivity index (χ4n) is 10.5. The van der Waals surface area contributed by atoms with Gasteiger partial charge in [-0.2, -0.15) is 20.5 Å². The second-order valence-electron chi connectivity index (χ2n) is 31.9. The fourth-order valence-corrected chi connectivity index (χ4v) is 10.5. The number of carbonyl (C=O) groups is 2. The Morgan fingerprint density at radius 2 is 0.862 bits per heavy atom. The number of aromatic nitrogens is 10. The minimum atomic E-state index is -0.147. The fraction of sp³-hybridized carbons (Fsp3) is 0.380. The number of hydrogen-bond acceptors (Lipinski definition) is 7. The lowest BCUT2D eigenvalue weighted by Gasteiger charge is -2.19. The number of fused-ring (bicyclic) bond motifs is 7. The lowest BCUT2D eigenvalue weighted by atomic mass is 9.85. The summed E-state index contributed by atoms with van der Waals surface area (Å²) in [5.41, 5.74) is 22.4. The molecule has 15 heteroatoms. The Bertz CT molecular complexity index is 4290. The number of carbonyl (C=O) groups excluding carboxylic acids is 2. The van der Waals surface area contributed by atoms with Gasteiger partial charge in [0.2, 0.25) is 5.91 Å². The Hall–Kier alpha value is -9.37. The zero-order chi connectivity index (χ0) is 68.9. The van der Waals surface area contributed by atoms with Crippen molar-refractivity contribution in [2.45, 2.75) is 196 Å². The highest BCUT2D eigenvalue weighted by atomic mass is 16.2. The highest BCUT2D eigenvalue weighted by Crippen LogP contribution is 2.32. The highest BCUT2D eigenvalue weighted by Gasteiger charge is 2.24. The van der Waals surface area contributed by atoms with E-state index in [2.05, 4.69) is 298 Å². The van der Waals surface area contributed by atoms with Gasteiger partial charge in [-0.25, -0.2) is 9.78 Å². The molecule has 0 atom stereocenters. The number of aromatic amines is 6. The van der Waals surface area contributed by atoms with Gasteiger partial charge in [-0.05, 0) is 172 Å². The molecule has 94 heavy (non-hydrogen) atoms. The van der Waals surface area contributed by atoms with Crippen LogP contribution in [0.4, 0.5) is 5.69 Å². The van der Waals surface area contributed by atoms with Gasteiger partial charge in [0.1, 0.15) is 11.0 Å². The molecule has 0 unspecified atom stereocenters. The molecule has 12 aromatic rings. The van der Waals surface area contributed by atoms with Gasteiger partial charge in [0.25, 0.3) is 5.91 Å². The van der Waals surface area contributed by atoms with Gasteiger partial charge in [-0.15, -0.1) is 0 Å². The lowest BCUT2D eigenvalue weighted by molar-refractivity contribution is -0.115. The monoisotopic (exact) mass is 1260 g/mol. The van der Waals surface area contributed by atoms with Crippen LogP contribution in [-0.2, 0) is 55.7 Å². The van der Waals surface area contributed by atoms with Gasteiger partial charge in [-0.1, -0.05) is 200 Å². The molecule has 8 N–H and O–H groups in total. The summed E-state index contributed by atoms with van der Waals surface area (Å²) >= 11 is 0. The number of amides is 2. The molecule has 2 amide bonds. The molecule has 2 aliphatic rings. The van der Waals surface area contributed by atoms with Gasteiger partial charge < -0.3 is 30.6 Å². The van der Waals surface area contributed by atoms with E-state index in [4.69, 9.17) is 0 Å². The standard InChI is InChI=1S/2C12H15NO.C12H15N.C11H14N2O.2C11H14N2.C10H13N3/c1-12(2,3)9-4-5-10-8(6-9)7-13-11(10)14;1-12(2,3)9-4-5-10-8(6-9)7-11(14)13-10;1-12(2,3)10-4-5-11-9(8-10)6-7-13-11;1-11(2,3)7-4-5-8-9(6-7)13-10(14)12-8;1-11(2,3)9-4-5-10-8(6-9)7-12-13-10;1-11(2,3)8-4-5-9-10(6-8)13-7-12-9;1-10(2,3)7-4-5-8-9(6-7)12-13-11-8/h2*4-6H,7H2,1-3H3,(H,13,14);4-8,13H,1-3H3;4-6H,1-3H3,(H2,12,13,14);2*4-7H,1-3H3,(H,12,13);4-6H,1-3H3,(H,11,12,13). The maximum Gasteiger partial charge on any atom is 0.323 e. The summed E-state index contributed by atoms with van der Waals surface area (Å²) in [5, 5.41) is 25.8. The van der Waals surface area contributed by atoms with Crippen molar-refractivity contribution in [3.8, 4) is 0 Å². The molecule has 494 valence electrons. The van der Waals surface area contributed by atoms with E-state index in [0.29, 0.717) is 13.0 Å². The molecule has 0 fully saturated rings. The topological polar surface area (TPSA) is 222 Å². The van der Waals surface area contributed by atoms with Gasteiger partial charge in [0, 0.05) is 34.9 Å². The molecule has 14 rings (SSSR count). The summed E-state index contributed by atoms with van der Waals surface area (Å²) in [5.74, 6) is 0.159. The van der Waals surface area contributed by atoms with Gasteiger partial charge in [-0.3, -0.25) is 14.7 Å². The van der Waals surface area contributed by atoms with Crippen molar-refractivity contribution < 1.29 is 9.59 Å². The summed E-state index contributed by atoms with van der Waals surface area (Å²) in [6.45, 7) is 46.8. The molecule has 2 aliphatic heterocycles. The van der Waals surface area contributed by atoms with Gasteiger partial charge in [0.05, 0.1) is 46.5 Å². The maximum absolute atomic E-state index is 11.3. The van der Waals surface area contributed by atoms with Crippen LogP contribution in [0.1, 0.15) is 206 Å². The van der Waals surface area contributed by atoms with Crippen molar-refractivity contribution in [1.29, 1.82) is 0 Å². The first kappa shape index (κ1) is 70.5. The summed E-state index contributed by atoms with van der Waals surface area (Å²) in [7, 11) is 0. The lowest BCUT2D eigenvalue weighted by Crippen LogP contribution is -2.12. The maximum atomic E-state index is 11.3. The Labute approximate surface area is 555 Å². The normalized spacial score (nSPS) is 13.1. The highest BCUT2D eigenvalue weighted by molar-refractivity contribution is 5.99. The molecular weight excluding hydrogens is 1160 g/mol. The molecule has 15 nitrogen and oxygen atoms in total. The Kier molecular flexibility index (Phi) is 20.8. The van der Waals surface area contributed by atoms with Crippen molar-refractivity contribution in [2.75, 3.05) is 5.32 Å². The summed E-state index contributed by atoms with van der Waals surface area (Å²) in [6, 6.07) is 46.0. The average Bonchev–Trinajstić information content (AvgIpc) is 1.66. The minimum Gasteiger partial charge on any atom is -0.361 e. The van der Waals surface area contributed by atoms with E-state index in [1.54, 1.807) is 6.33 Å². The zero-order valence-corrected chi connectivity index (χ0v) is 59.4. The first-order valence-corrected chi connectivity index (χ1v) is 32.5. The molecule has 7 heterocycles. The molecule has 7 aromatic carbocycles. The van der Waals surface area contributed by atoms with Gasteiger partial charge in [0.15, 0.2) is 0 Å². The summed E-state index contributed by atoms with van der Waals surface area (Å²) in [4.78, 5) is 49.5. The van der Waals surface area contributed by atoms with E-state index < -0.39 is 0 Å². The Morgan fingerprint density at radius 3 is 1.47 bits per heavy atom. The van der Waals surface area contributed by atoms with Crippen LogP contribution in [0.15, 0.2) is 157 Å². The summed E-state index contributed by atoms with van der Waals surface area (Å²) < 4.78 is 0. The van der Waals surface area contributed by atoms with E-state index in [0.717, 1.165) is 61.0 Å². The predicted octanol–water partition coefficient (Wildman–Crippen LogP) is 18.3. The molecule has 0 radical (unpaired) electrons. The molecule has 0 saturated heterocycles. The smallest absolute Gasteiger partial charge is 0.323 e. The van der Waals surface area contributed by atoms with Crippen molar-refractivity contribution in [3.63, 3.8) is 0 Å². The molecule has 0 aliphatic carbocycles. The average molecular weight is 1270 g/mol. The number of nitrogens with zero attached hydrogens (tertiary/aromatic N) is 4. The number of imidazole rings is 2. The van der Waals surface area contributed by atoms with Crippen molar-refractivity contribution >= 4 is 72.4 Å². The van der Waals surface area contributed by atoms with Crippen molar-refractivity contribution in [2.24, 2.45) is 0 Å². The molecular formula is C79H100N12O3. The van der Waals surface area contributed by atoms with Crippen LogP contribution in [0, 0.1) is 0 Å². The number of anilines is 1. The first-order valence-electron chi connectivity index (χ1n) is 32.5. The third-order valence-corrected chi connectivity index (χ3v) is 16.8. The predicted molar refractivity (Wildman–Crippen MR) is 391 cm³/mol. The van der Waals surface area contributed by atoms with Gasteiger partial charge >= 0.3 is 5.69 Å². The van der Waals surface area contributed by atoms with E-state index in [1.165, 1.54) is 55.2 Å². The quantitative estimate of drug-likeness (QED) is 0.0733. The van der Waals surface area contributed by atoms with Crippen molar-refractivity contribution in [3.05, 3.63) is 218 Å². The third kappa shape index (κ3) is 18.5. The number of H-pyrrole nitrogens is 6. The van der Waals surface area contributed by atoms with E-state index in [-0.39, 0.29) is 55.4 Å². The molecule has 0 saturated carbocycles.